The Morgan fingerprint density at radius 2 is 2.17 bits per heavy atom. The second kappa shape index (κ2) is 6.97. The Balaban J connectivity index is 1.60. The van der Waals surface area contributed by atoms with Crippen molar-refractivity contribution in [2.45, 2.75) is 6.54 Å². The van der Waals surface area contributed by atoms with E-state index in [4.69, 9.17) is 14.9 Å². The van der Waals surface area contributed by atoms with E-state index in [-0.39, 0.29) is 0 Å². The molecule has 2 heterocycles. The lowest BCUT2D eigenvalue weighted by Gasteiger charge is -2.06. The summed E-state index contributed by atoms with van der Waals surface area (Å²) < 4.78 is 10.4. The molecule has 23 heavy (non-hydrogen) atoms. The Bertz CT molecular complexity index is 779. The van der Waals surface area contributed by atoms with E-state index in [1.54, 1.807) is 13.4 Å². The largest absolute Gasteiger partial charge is 0.497 e. The summed E-state index contributed by atoms with van der Waals surface area (Å²) in [5.41, 5.74) is 7.59. The predicted molar refractivity (Wildman–Crippen MR) is 91.8 cm³/mol. The number of ether oxygens (including phenoxy) is 1. The van der Waals surface area contributed by atoms with Gasteiger partial charge < -0.3 is 20.2 Å². The van der Waals surface area contributed by atoms with E-state index in [0.29, 0.717) is 12.5 Å². The zero-order valence-corrected chi connectivity index (χ0v) is 13.3. The number of hydrogen-bond acceptors (Lipinski definition) is 5. The van der Waals surface area contributed by atoms with Gasteiger partial charge in [0.2, 0.25) is 0 Å². The maximum absolute atomic E-state index is 5.89. The van der Waals surface area contributed by atoms with Crippen LogP contribution in [0.15, 0.2) is 57.5 Å². The van der Waals surface area contributed by atoms with E-state index in [2.05, 4.69) is 15.3 Å². The number of furan rings is 1. The lowest BCUT2D eigenvalue weighted by Crippen LogP contribution is -2.22. The molecule has 3 N–H and O–H groups in total. The standard InChI is InChI=1S/C16H16N4O2S/c1-21-13-6-4-11(5-7-13)20-16(17)18-9-12-10-23-15(19-12)14-3-2-8-22-14/h2-8,10H,9H2,1H3,(H3,17,18,20). The molecule has 0 aliphatic carbocycles. The normalized spacial score (nSPS) is 11.4. The fraction of sp³-hybridized carbons (Fsp3) is 0.125. The van der Waals surface area contributed by atoms with Gasteiger partial charge in [0.05, 0.1) is 25.6 Å². The highest BCUT2D eigenvalue weighted by atomic mass is 32.1. The topological polar surface area (TPSA) is 85.7 Å². The lowest BCUT2D eigenvalue weighted by atomic mass is 10.3. The van der Waals surface area contributed by atoms with Crippen LogP contribution in [-0.4, -0.2) is 18.1 Å². The van der Waals surface area contributed by atoms with Crippen molar-refractivity contribution in [3.63, 3.8) is 0 Å². The van der Waals surface area contributed by atoms with E-state index in [9.17, 15) is 0 Å². The molecule has 6 nitrogen and oxygen atoms in total. The van der Waals surface area contributed by atoms with E-state index in [1.165, 1.54) is 11.3 Å². The molecule has 0 atom stereocenters. The van der Waals surface area contributed by atoms with Gasteiger partial charge in [0, 0.05) is 11.1 Å². The Hall–Kier alpha value is -2.80. The first-order valence-electron chi connectivity index (χ1n) is 6.94. The summed E-state index contributed by atoms with van der Waals surface area (Å²) in [7, 11) is 1.63. The SMILES string of the molecule is COc1ccc(NC(N)=NCc2csc(-c3ccco3)n2)cc1. The number of aromatic nitrogens is 1. The van der Waals surface area contributed by atoms with Gasteiger partial charge in [-0.05, 0) is 36.4 Å². The molecule has 0 fully saturated rings. The maximum Gasteiger partial charge on any atom is 0.193 e. The van der Waals surface area contributed by atoms with E-state index in [0.717, 1.165) is 27.9 Å². The molecule has 0 aliphatic rings. The number of guanidine groups is 1. The molecule has 0 bridgehead atoms. The third-order valence-electron chi connectivity index (χ3n) is 3.06. The summed E-state index contributed by atoms with van der Waals surface area (Å²) in [6.07, 6.45) is 1.63. The Morgan fingerprint density at radius 3 is 2.87 bits per heavy atom. The number of nitrogens with two attached hydrogens (primary N) is 1. The molecule has 0 saturated heterocycles. The van der Waals surface area contributed by atoms with E-state index >= 15 is 0 Å². The highest BCUT2D eigenvalue weighted by Crippen LogP contribution is 2.24. The zero-order valence-electron chi connectivity index (χ0n) is 12.5. The van der Waals surface area contributed by atoms with Gasteiger partial charge in [-0.15, -0.1) is 11.3 Å². The lowest BCUT2D eigenvalue weighted by molar-refractivity contribution is 0.415. The molecule has 118 valence electrons. The van der Waals surface area contributed by atoms with Crippen LogP contribution >= 0.6 is 11.3 Å². The van der Waals surface area contributed by atoms with Crippen LogP contribution in [0.1, 0.15) is 5.69 Å². The first-order valence-corrected chi connectivity index (χ1v) is 7.82. The Morgan fingerprint density at radius 1 is 1.35 bits per heavy atom. The third-order valence-corrected chi connectivity index (χ3v) is 3.96. The smallest absolute Gasteiger partial charge is 0.193 e. The maximum atomic E-state index is 5.89. The van der Waals surface area contributed by atoms with Gasteiger partial charge in [0.15, 0.2) is 16.7 Å². The first kappa shape index (κ1) is 15.1. The zero-order chi connectivity index (χ0) is 16.1. The minimum absolute atomic E-state index is 0.336. The highest BCUT2D eigenvalue weighted by molar-refractivity contribution is 7.13. The van der Waals surface area contributed by atoms with Gasteiger partial charge in [-0.3, -0.25) is 0 Å². The summed E-state index contributed by atoms with van der Waals surface area (Å²) in [6.45, 7) is 0.409. The van der Waals surface area contributed by atoms with Gasteiger partial charge in [-0.2, -0.15) is 0 Å². The molecule has 0 spiro atoms. The number of nitrogens with one attached hydrogen (secondary N) is 1. The van der Waals surface area contributed by atoms with Gasteiger partial charge >= 0.3 is 0 Å². The first-order chi connectivity index (χ1) is 11.2. The van der Waals surface area contributed by atoms with Crippen molar-refractivity contribution in [3.05, 3.63) is 53.7 Å². The van der Waals surface area contributed by atoms with Crippen molar-refractivity contribution in [2.75, 3.05) is 12.4 Å². The molecule has 0 radical (unpaired) electrons. The number of methoxy groups -OCH3 is 1. The van der Waals surface area contributed by atoms with Crippen LogP contribution in [0.5, 0.6) is 5.75 Å². The summed E-state index contributed by atoms with van der Waals surface area (Å²) in [6, 6.07) is 11.2. The Labute approximate surface area is 137 Å². The van der Waals surface area contributed by atoms with Crippen molar-refractivity contribution < 1.29 is 9.15 Å². The minimum Gasteiger partial charge on any atom is -0.497 e. The molecule has 2 aromatic heterocycles. The van der Waals surface area contributed by atoms with Crippen LogP contribution in [0.3, 0.4) is 0 Å². The third kappa shape index (κ3) is 3.89. The summed E-state index contributed by atoms with van der Waals surface area (Å²) in [5.74, 6) is 1.89. The van der Waals surface area contributed by atoms with Gasteiger partial charge in [-0.1, -0.05) is 0 Å². The van der Waals surface area contributed by atoms with Crippen molar-refractivity contribution in [1.82, 2.24) is 4.98 Å². The number of benzene rings is 1. The second-order valence-corrected chi connectivity index (χ2v) is 5.53. The van der Waals surface area contributed by atoms with Crippen molar-refractivity contribution in [1.29, 1.82) is 0 Å². The molecule has 0 saturated carbocycles. The monoisotopic (exact) mass is 328 g/mol. The fourth-order valence-corrected chi connectivity index (χ4v) is 2.70. The van der Waals surface area contributed by atoms with Crippen LogP contribution in [-0.2, 0) is 6.54 Å². The van der Waals surface area contributed by atoms with Crippen molar-refractivity contribution in [3.8, 4) is 16.5 Å². The number of thiazole rings is 1. The average Bonchev–Trinajstić information content (AvgIpc) is 3.25. The number of aliphatic imine (C=N–C) groups is 1. The molecule has 7 heteroatoms. The van der Waals surface area contributed by atoms with Crippen molar-refractivity contribution >= 4 is 23.0 Å². The molecular formula is C16H16N4O2S. The van der Waals surface area contributed by atoms with Gasteiger partial charge in [0.1, 0.15) is 5.75 Å². The number of hydrogen-bond donors (Lipinski definition) is 2. The number of anilines is 1. The van der Waals surface area contributed by atoms with Crippen LogP contribution in [0.2, 0.25) is 0 Å². The highest BCUT2D eigenvalue weighted by Gasteiger charge is 2.06. The summed E-state index contributed by atoms with van der Waals surface area (Å²) >= 11 is 1.52. The average molecular weight is 328 g/mol. The second-order valence-electron chi connectivity index (χ2n) is 4.68. The van der Waals surface area contributed by atoms with E-state index in [1.807, 2.05) is 41.8 Å². The predicted octanol–water partition coefficient (Wildman–Crippen LogP) is 3.34. The van der Waals surface area contributed by atoms with Gasteiger partial charge in [-0.25, -0.2) is 9.98 Å². The summed E-state index contributed by atoms with van der Waals surface area (Å²) in [5, 5.41) is 5.81. The number of rotatable bonds is 5. The van der Waals surface area contributed by atoms with Crippen LogP contribution in [0.25, 0.3) is 10.8 Å². The quantitative estimate of drug-likeness (QED) is 0.554. The molecule has 3 aromatic rings. The van der Waals surface area contributed by atoms with Crippen LogP contribution in [0.4, 0.5) is 5.69 Å². The molecule has 0 amide bonds. The van der Waals surface area contributed by atoms with Crippen LogP contribution in [0, 0.1) is 0 Å². The fourth-order valence-electron chi connectivity index (χ4n) is 1.92. The molecule has 0 unspecified atom stereocenters. The van der Waals surface area contributed by atoms with E-state index < -0.39 is 0 Å². The summed E-state index contributed by atoms with van der Waals surface area (Å²) in [4.78, 5) is 8.76. The number of nitrogens with zero attached hydrogens (tertiary/aromatic N) is 2. The minimum atomic E-state index is 0.336. The Kier molecular flexibility index (Phi) is 4.58. The van der Waals surface area contributed by atoms with Gasteiger partial charge in [0.25, 0.3) is 0 Å². The molecule has 3 rings (SSSR count). The molecule has 0 aliphatic heterocycles. The van der Waals surface area contributed by atoms with Crippen LogP contribution < -0.4 is 15.8 Å². The molecular weight excluding hydrogens is 312 g/mol. The molecule has 1 aromatic carbocycles. The van der Waals surface area contributed by atoms with Crippen molar-refractivity contribution in [2.24, 2.45) is 10.7 Å².